The molecule has 0 bridgehead atoms. The lowest BCUT2D eigenvalue weighted by Crippen LogP contribution is -2.54. The molecule has 1 saturated carbocycles. The van der Waals surface area contributed by atoms with Gasteiger partial charge in [-0.15, -0.1) is 0 Å². The maximum Gasteiger partial charge on any atom is 0.326 e. The van der Waals surface area contributed by atoms with Crippen LogP contribution in [0.4, 0.5) is 0 Å². The van der Waals surface area contributed by atoms with Crippen LogP contribution < -0.4 is 5.32 Å². The van der Waals surface area contributed by atoms with Crippen LogP contribution in [0.25, 0.3) is 0 Å². The van der Waals surface area contributed by atoms with Gasteiger partial charge in [0, 0.05) is 17.0 Å². The molecule has 2 N–H and O–H groups in total. The van der Waals surface area contributed by atoms with Gasteiger partial charge in [-0.3, -0.25) is 10.1 Å². The van der Waals surface area contributed by atoms with E-state index in [9.17, 15) is 4.79 Å². The summed E-state index contributed by atoms with van der Waals surface area (Å²) in [7, 11) is 0. The van der Waals surface area contributed by atoms with E-state index in [1.54, 1.807) is 11.8 Å². The number of aliphatic hydroxyl groups excluding tert-OH is 1. The van der Waals surface area contributed by atoms with Gasteiger partial charge in [0.2, 0.25) is 0 Å². The van der Waals surface area contributed by atoms with Crippen LogP contribution in [-0.4, -0.2) is 46.9 Å². The summed E-state index contributed by atoms with van der Waals surface area (Å²) < 4.78 is 5.22. The molecule has 106 valence electrons. The molecule has 0 saturated heterocycles. The third-order valence-electron chi connectivity index (χ3n) is 3.15. The standard InChI is InChI=1S/C13H25NO3S/c1-4-17-12(16)13(14-10(2)3)6-5-11(9-13)18-8-7-15/h10-11,14-15H,4-9H2,1-3H3. The predicted octanol–water partition coefficient (Wildman–Crippen LogP) is 1.56. The topological polar surface area (TPSA) is 58.6 Å². The van der Waals surface area contributed by atoms with Gasteiger partial charge in [-0.2, -0.15) is 11.8 Å². The molecule has 0 aromatic carbocycles. The van der Waals surface area contributed by atoms with Crippen LogP contribution >= 0.6 is 11.8 Å². The van der Waals surface area contributed by atoms with Crippen molar-refractivity contribution in [2.45, 2.75) is 56.9 Å². The Labute approximate surface area is 114 Å². The molecular weight excluding hydrogens is 250 g/mol. The summed E-state index contributed by atoms with van der Waals surface area (Å²) in [6, 6.07) is 0.260. The molecule has 1 aliphatic rings. The van der Waals surface area contributed by atoms with Crippen LogP contribution in [0, 0.1) is 0 Å². The van der Waals surface area contributed by atoms with E-state index in [0.717, 1.165) is 25.0 Å². The van der Waals surface area contributed by atoms with Crippen LogP contribution in [0.1, 0.15) is 40.0 Å². The highest BCUT2D eigenvalue weighted by Crippen LogP contribution is 2.38. The van der Waals surface area contributed by atoms with E-state index in [0.29, 0.717) is 11.9 Å². The number of ether oxygens (including phenoxy) is 1. The number of rotatable bonds is 7. The van der Waals surface area contributed by atoms with Gasteiger partial charge >= 0.3 is 5.97 Å². The Hall–Kier alpha value is -0.260. The Balaban J connectivity index is 2.66. The number of carbonyl (C=O) groups is 1. The van der Waals surface area contributed by atoms with Gasteiger partial charge in [-0.25, -0.2) is 0 Å². The van der Waals surface area contributed by atoms with Crippen molar-refractivity contribution in [1.29, 1.82) is 0 Å². The van der Waals surface area contributed by atoms with Gasteiger partial charge in [0.05, 0.1) is 13.2 Å². The van der Waals surface area contributed by atoms with E-state index in [4.69, 9.17) is 9.84 Å². The van der Waals surface area contributed by atoms with Crippen molar-refractivity contribution in [3.8, 4) is 0 Å². The van der Waals surface area contributed by atoms with E-state index in [1.807, 2.05) is 6.92 Å². The normalized spacial score (nSPS) is 27.7. The van der Waals surface area contributed by atoms with Crippen molar-refractivity contribution in [2.75, 3.05) is 19.0 Å². The van der Waals surface area contributed by atoms with Gasteiger partial charge in [0.25, 0.3) is 0 Å². The second-order valence-electron chi connectivity index (χ2n) is 5.06. The van der Waals surface area contributed by atoms with Crippen LogP contribution in [0.15, 0.2) is 0 Å². The average Bonchev–Trinajstić information content (AvgIpc) is 2.70. The van der Waals surface area contributed by atoms with Gasteiger partial charge in [-0.1, -0.05) is 0 Å². The minimum Gasteiger partial charge on any atom is -0.465 e. The highest BCUT2D eigenvalue weighted by molar-refractivity contribution is 7.99. The van der Waals surface area contributed by atoms with Crippen LogP contribution in [0.3, 0.4) is 0 Å². The van der Waals surface area contributed by atoms with E-state index in [2.05, 4.69) is 19.2 Å². The smallest absolute Gasteiger partial charge is 0.326 e. The van der Waals surface area contributed by atoms with Crippen molar-refractivity contribution in [1.82, 2.24) is 5.32 Å². The van der Waals surface area contributed by atoms with E-state index < -0.39 is 5.54 Å². The monoisotopic (exact) mass is 275 g/mol. The minimum absolute atomic E-state index is 0.120. The largest absolute Gasteiger partial charge is 0.465 e. The fourth-order valence-electron chi connectivity index (χ4n) is 2.56. The molecular formula is C13H25NO3S. The Bertz CT molecular complexity index is 273. The lowest BCUT2D eigenvalue weighted by Gasteiger charge is -2.30. The zero-order valence-electron chi connectivity index (χ0n) is 11.6. The molecule has 0 spiro atoms. The van der Waals surface area contributed by atoms with Crippen LogP contribution in [0.2, 0.25) is 0 Å². The number of esters is 1. The van der Waals surface area contributed by atoms with Gasteiger partial charge in [0.1, 0.15) is 5.54 Å². The summed E-state index contributed by atoms with van der Waals surface area (Å²) in [5.41, 5.74) is -0.517. The first-order valence-electron chi connectivity index (χ1n) is 6.71. The minimum atomic E-state index is -0.517. The summed E-state index contributed by atoms with van der Waals surface area (Å²) in [5.74, 6) is 0.622. The second-order valence-corrected chi connectivity index (χ2v) is 6.47. The molecule has 0 aliphatic heterocycles. The molecule has 18 heavy (non-hydrogen) atoms. The molecule has 0 aromatic rings. The molecule has 1 fully saturated rings. The highest BCUT2D eigenvalue weighted by atomic mass is 32.2. The van der Waals surface area contributed by atoms with Gasteiger partial charge < -0.3 is 9.84 Å². The molecule has 1 rings (SSSR count). The van der Waals surface area contributed by atoms with Gasteiger partial charge in [0.15, 0.2) is 0 Å². The number of thioether (sulfide) groups is 1. The molecule has 2 atom stereocenters. The van der Waals surface area contributed by atoms with E-state index in [1.165, 1.54) is 0 Å². The number of hydrogen-bond donors (Lipinski definition) is 2. The molecule has 5 heteroatoms. The molecule has 2 unspecified atom stereocenters. The summed E-state index contributed by atoms with van der Waals surface area (Å²) in [6.07, 6.45) is 2.63. The lowest BCUT2D eigenvalue weighted by molar-refractivity contribution is -0.151. The SMILES string of the molecule is CCOC(=O)C1(NC(C)C)CCC(SCCO)C1. The summed E-state index contributed by atoms with van der Waals surface area (Å²) in [4.78, 5) is 12.2. The van der Waals surface area contributed by atoms with Crippen LogP contribution in [0.5, 0.6) is 0 Å². The number of hydrogen-bond acceptors (Lipinski definition) is 5. The Kier molecular flexibility index (Phi) is 6.46. The fourth-order valence-corrected chi connectivity index (χ4v) is 3.68. The third-order valence-corrected chi connectivity index (χ3v) is 4.44. The molecule has 1 aliphatic carbocycles. The molecule has 0 radical (unpaired) electrons. The van der Waals surface area contributed by atoms with Crippen LogP contribution in [-0.2, 0) is 9.53 Å². The molecule has 4 nitrogen and oxygen atoms in total. The van der Waals surface area contributed by atoms with Crippen molar-refractivity contribution in [3.05, 3.63) is 0 Å². The van der Waals surface area contributed by atoms with Crippen molar-refractivity contribution in [3.63, 3.8) is 0 Å². The highest BCUT2D eigenvalue weighted by Gasteiger charge is 2.46. The Morgan fingerprint density at radius 3 is 2.89 bits per heavy atom. The molecule has 0 aromatic heterocycles. The first kappa shape index (κ1) is 15.8. The van der Waals surface area contributed by atoms with Gasteiger partial charge in [-0.05, 0) is 40.0 Å². The number of nitrogens with one attached hydrogen (secondary N) is 1. The Morgan fingerprint density at radius 1 is 1.61 bits per heavy atom. The summed E-state index contributed by atoms with van der Waals surface area (Å²) in [6.45, 7) is 6.57. The third kappa shape index (κ3) is 4.14. The first-order chi connectivity index (χ1) is 8.54. The fraction of sp³-hybridized carbons (Fsp3) is 0.923. The maximum absolute atomic E-state index is 12.2. The lowest BCUT2D eigenvalue weighted by atomic mass is 9.96. The number of aliphatic hydroxyl groups is 1. The maximum atomic E-state index is 12.2. The predicted molar refractivity (Wildman–Crippen MR) is 74.8 cm³/mol. The zero-order chi connectivity index (χ0) is 13.6. The molecule has 0 amide bonds. The summed E-state index contributed by atoms with van der Waals surface area (Å²) >= 11 is 1.75. The van der Waals surface area contributed by atoms with E-state index >= 15 is 0 Å². The molecule has 0 heterocycles. The van der Waals surface area contributed by atoms with Crippen molar-refractivity contribution in [2.24, 2.45) is 0 Å². The zero-order valence-corrected chi connectivity index (χ0v) is 12.4. The summed E-state index contributed by atoms with van der Waals surface area (Å²) in [5, 5.41) is 12.7. The van der Waals surface area contributed by atoms with Crippen molar-refractivity contribution >= 4 is 17.7 Å². The first-order valence-corrected chi connectivity index (χ1v) is 7.76. The average molecular weight is 275 g/mol. The number of carbonyl (C=O) groups excluding carboxylic acids is 1. The second kappa shape index (κ2) is 7.36. The Morgan fingerprint density at radius 2 is 2.33 bits per heavy atom. The van der Waals surface area contributed by atoms with Crippen molar-refractivity contribution < 1.29 is 14.6 Å². The van der Waals surface area contributed by atoms with E-state index in [-0.39, 0.29) is 18.6 Å². The quantitative estimate of drug-likeness (QED) is 0.691.